The second kappa shape index (κ2) is 54.1. The first-order chi connectivity index (χ1) is 56.5. The molecule has 1 unspecified atom stereocenters. The molecule has 0 heterocycles. The van der Waals surface area contributed by atoms with Gasteiger partial charge in [0.05, 0.1) is 52.9 Å². The van der Waals surface area contributed by atoms with Gasteiger partial charge in [-0.15, -0.1) is 0 Å². The van der Waals surface area contributed by atoms with E-state index in [4.69, 9.17) is 60.3 Å². The second-order valence-corrected chi connectivity index (χ2v) is 32.6. The predicted octanol–water partition coefficient (Wildman–Crippen LogP) is 22.8. The first kappa shape index (κ1) is 90.9. The van der Waals surface area contributed by atoms with Gasteiger partial charge in [0, 0.05) is 19.4 Å². The lowest BCUT2D eigenvalue weighted by Crippen LogP contribution is -2.67. The Balaban J connectivity index is 0.996. The Morgan fingerprint density at radius 2 is 0.565 bits per heavy atom. The lowest BCUT2D eigenvalue weighted by Gasteiger charge is -2.50. The molecule has 1 amide bonds. The smallest absolute Gasteiger partial charge is 0.462 e. The summed E-state index contributed by atoms with van der Waals surface area (Å²) in [5.74, 6) is -1.04. The first-order valence-corrected chi connectivity index (χ1v) is 44.6. The van der Waals surface area contributed by atoms with Crippen molar-refractivity contribution in [3.05, 3.63) is 287 Å². The van der Waals surface area contributed by atoms with E-state index in [2.05, 4.69) is 12.2 Å². The molecule has 19 nitrogen and oxygen atoms in total. The second-order valence-electron chi connectivity index (χ2n) is 29.4. The molecule has 0 bridgehead atoms. The van der Waals surface area contributed by atoms with E-state index in [-0.39, 0.29) is 65.7 Å². The van der Waals surface area contributed by atoms with E-state index < -0.39 is 89.6 Å². The Bertz CT molecular complexity index is 3930. The maximum absolute atomic E-state index is 16.8. The highest BCUT2D eigenvalue weighted by Crippen LogP contribution is 2.58. The SMILES string of the molecule is CCCCCCCCCCCCCCCC(=O)O[C@H](COC(=O)CCCCCCCCCCCNC(=O)OCc1ccccc1)COP(=O)(OCc1ccccc1)O[C@H]1[C@H](OCc2ccccc2)[C@@H](OP(=O)(OCc2ccccc2)OCc2ccccc2)[C@H](OCc2ccccc2)[C@@H](OCc2ccccc2)[C@H]1OCc1ccccc1. The monoisotopic (exact) mass is 1610 g/mol. The zero-order valence-corrected chi connectivity index (χ0v) is 68.9. The fraction of sp³-hybridized carbons (Fsp3) is 0.457. The maximum Gasteiger partial charge on any atom is 0.475 e. The van der Waals surface area contributed by atoms with Gasteiger partial charge in [0.15, 0.2) is 6.10 Å². The largest absolute Gasteiger partial charge is 0.475 e. The van der Waals surface area contributed by atoms with Crippen molar-refractivity contribution in [3.8, 4) is 0 Å². The molecular formula is C94H121NO18P2. The van der Waals surface area contributed by atoms with Crippen molar-refractivity contribution in [1.82, 2.24) is 5.32 Å². The summed E-state index contributed by atoms with van der Waals surface area (Å²) in [5.41, 5.74) is 5.94. The van der Waals surface area contributed by atoms with Crippen molar-refractivity contribution >= 4 is 33.7 Å². The topological polar surface area (TPSA) is 217 Å². The van der Waals surface area contributed by atoms with Crippen molar-refractivity contribution in [2.24, 2.45) is 0 Å². The number of esters is 2. The number of benzene rings is 8. The highest BCUT2D eigenvalue weighted by Gasteiger charge is 2.59. The van der Waals surface area contributed by atoms with Crippen molar-refractivity contribution in [2.45, 2.75) is 257 Å². The highest BCUT2D eigenvalue weighted by molar-refractivity contribution is 7.48. The van der Waals surface area contributed by atoms with Gasteiger partial charge in [-0.3, -0.25) is 36.7 Å². The number of hydrogen-bond acceptors (Lipinski definition) is 18. The number of carbonyl (C=O) groups is 3. The zero-order valence-electron chi connectivity index (χ0n) is 67.1. The molecule has 0 aromatic heterocycles. The molecule has 21 heteroatoms. The summed E-state index contributed by atoms with van der Waals surface area (Å²) in [6, 6.07) is 75.1. The van der Waals surface area contributed by atoms with Gasteiger partial charge in [-0.05, 0) is 63.8 Å². The summed E-state index contributed by atoms with van der Waals surface area (Å²) in [6.07, 6.45) is 12.9. The number of hydrogen-bond donors (Lipinski definition) is 1. The number of phosphoric acid groups is 2. The zero-order chi connectivity index (χ0) is 80.3. The van der Waals surface area contributed by atoms with Gasteiger partial charge in [0.1, 0.15) is 49.8 Å². The van der Waals surface area contributed by atoms with Gasteiger partial charge in [-0.2, -0.15) is 0 Å². The third kappa shape index (κ3) is 36.2. The van der Waals surface area contributed by atoms with Gasteiger partial charge >= 0.3 is 33.7 Å². The average molecular weight is 1610 g/mol. The van der Waals surface area contributed by atoms with Crippen LogP contribution in [0, 0.1) is 0 Å². The van der Waals surface area contributed by atoms with Crippen LogP contribution in [-0.2, 0) is 132 Å². The normalized spacial score (nSPS) is 16.9. The Labute approximate surface area is 682 Å². The Morgan fingerprint density at radius 3 is 0.904 bits per heavy atom. The van der Waals surface area contributed by atoms with Gasteiger partial charge in [-0.1, -0.05) is 372 Å². The Kier molecular flexibility index (Phi) is 42.8. The lowest BCUT2D eigenvalue weighted by atomic mass is 9.84. The van der Waals surface area contributed by atoms with E-state index in [9.17, 15) is 14.4 Å². The molecule has 115 heavy (non-hydrogen) atoms. The van der Waals surface area contributed by atoms with Crippen LogP contribution < -0.4 is 5.32 Å². The average Bonchev–Trinajstić information content (AvgIpc) is 0.750. The fourth-order valence-corrected chi connectivity index (χ4v) is 16.3. The van der Waals surface area contributed by atoms with Crippen LogP contribution in [0.5, 0.6) is 0 Å². The molecule has 8 atom stereocenters. The van der Waals surface area contributed by atoms with Crippen LogP contribution in [0.25, 0.3) is 0 Å². The minimum absolute atomic E-state index is 0.0216. The molecule has 0 saturated heterocycles. The fourth-order valence-electron chi connectivity index (χ4n) is 13.5. The van der Waals surface area contributed by atoms with E-state index in [1.807, 2.05) is 231 Å². The number of nitrogens with one attached hydrogen (secondary N) is 1. The van der Waals surface area contributed by atoms with Gasteiger partial charge < -0.3 is 38.5 Å². The highest BCUT2D eigenvalue weighted by atomic mass is 31.2. The molecule has 0 aliphatic heterocycles. The van der Waals surface area contributed by atoms with Crippen LogP contribution >= 0.6 is 15.6 Å². The summed E-state index contributed by atoms with van der Waals surface area (Å²) in [6.45, 7) is 1.02. The Morgan fingerprint density at radius 1 is 0.296 bits per heavy atom. The summed E-state index contributed by atoms with van der Waals surface area (Å²) >= 11 is 0. The molecule has 8 aromatic rings. The van der Waals surface area contributed by atoms with E-state index in [0.717, 1.165) is 105 Å². The molecule has 0 spiro atoms. The van der Waals surface area contributed by atoms with Crippen LogP contribution in [0.2, 0.25) is 0 Å². The van der Waals surface area contributed by atoms with E-state index in [1.54, 1.807) is 12.1 Å². The van der Waals surface area contributed by atoms with Crippen LogP contribution in [-0.4, -0.2) is 80.5 Å². The van der Waals surface area contributed by atoms with Crippen LogP contribution in [0.15, 0.2) is 243 Å². The van der Waals surface area contributed by atoms with Crippen molar-refractivity contribution in [1.29, 1.82) is 0 Å². The number of carbonyl (C=O) groups excluding carboxylic acids is 3. The van der Waals surface area contributed by atoms with Gasteiger partial charge in [-0.25, -0.2) is 13.9 Å². The van der Waals surface area contributed by atoms with Crippen LogP contribution in [0.3, 0.4) is 0 Å². The molecule has 620 valence electrons. The molecule has 0 radical (unpaired) electrons. The van der Waals surface area contributed by atoms with Crippen molar-refractivity contribution < 1.29 is 83.8 Å². The standard InChI is InChI=1S/C94H121NO18P2/c1-2-3-4-5-6-7-8-9-10-12-16-19-46-65-87(97)111-85(75-101-86(96)64-45-18-15-13-11-14-17-20-47-66-95-94(98)106-71-81-56-37-25-38-57-81)76-110-115(100,109-74-84-62-43-28-44-63-84)113-93-90(104-69-79-52-33-23-34-53-79)88(102-67-77-48-29-21-30-49-77)89(103-68-78-50-31-22-32-51-78)92(91(93)105-70-80-54-35-24-36-55-80)112-114(99,107-72-82-58-39-26-40-59-82)108-73-83-60-41-27-42-61-83/h21-44,48-63,85,88-93H,2-20,45-47,64-76H2,1H3,(H,95,98)/t85-,88-,89-,90-,91-,92+,93-,115?/m1/s1. The van der Waals surface area contributed by atoms with Crippen molar-refractivity contribution in [2.75, 3.05) is 19.8 Å². The maximum atomic E-state index is 16.8. The molecule has 1 fully saturated rings. The number of rotatable bonds is 59. The molecule has 9 rings (SSSR count). The molecule has 8 aromatic carbocycles. The minimum Gasteiger partial charge on any atom is -0.462 e. The van der Waals surface area contributed by atoms with Gasteiger partial charge in [0.25, 0.3) is 0 Å². The Hall–Kier alpha value is -7.97. The van der Waals surface area contributed by atoms with E-state index in [1.165, 1.54) is 51.4 Å². The van der Waals surface area contributed by atoms with Crippen LogP contribution in [0.1, 0.15) is 206 Å². The third-order valence-corrected chi connectivity index (χ3v) is 22.8. The number of ether oxygens (including phenoxy) is 7. The summed E-state index contributed by atoms with van der Waals surface area (Å²) in [4.78, 5) is 40.2. The predicted molar refractivity (Wildman–Crippen MR) is 447 cm³/mol. The summed E-state index contributed by atoms with van der Waals surface area (Å²) < 4.78 is 120. The van der Waals surface area contributed by atoms with E-state index in [0.29, 0.717) is 36.1 Å². The number of amides is 1. The quantitative estimate of drug-likeness (QED) is 0.0162. The summed E-state index contributed by atoms with van der Waals surface area (Å²) in [7, 11) is -9.99. The molecule has 1 saturated carbocycles. The third-order valence-electron chi connectivity index (χ3n) is 20.0. The first-order valence-electron chi connectivity index (χ1n) is 41.7. The number of phosphoric ester groups is 2. The summed E-state index contributed by atoms with van der Waals surface area (Å²) in [5, 5.41) is 2.84. The molecule has 1 N–H and O–H groups in total. The molecule has 1 aliphatic rings. The number of alkyl carbamates (subject to hydrolysis) is 1. The van der Waals surface area contributed by atoms with Crippen LogP contribution in [0.4, 0.5) is 4.79 Å². The lowest BCUT2D eigenvalue weighted by molar-refractivity contribution is -0.268. The molecule has 1 aliphatic carbocycles. The number of unbranched alkanes of at least 4 members (excludes halogenated alkanes) is 20. The molecular weight excluding hydrogens is 1490 g/mol. The van der Waals surface area contributed by atoms with Crippen molar-refractivity contribution in [3.63, 3.8) is 0 Å². The minimum atomic E-state index is -5.14. The van der Waals surface area contributed by atoms with Gasteiger partial charge in [0.2, 0.25) is 0 Å². The van der Waals surface area contributed by atoms with E-state index >= 15 is 9.13 Å².